The van der Waals surface area contributed by atoms with E-state index in [-0.39, 0.29) is 0 Å². The van der Waals surface area contributed by atoms with Gasteiger partial charge in [0.1, 0.15) is 0 Å². The zero-order chi connectivity index (χ0) is 10.0. The van der Waals surface area contributed by atoms with Gasteiger partial charge in [-0.3, -0.25) is 15.3 Å². The molecule has 1 heterocycles. The summed E-state index contributed by atoms with van der Waals surface area (Å²) >= 11 is 0. The number of aromatic nitrogens is 2. The van der Waals surface area contributed by atoms with E-state index in [2.05, 4.69) is 5.10 Å². The SMILES string of the molecule is Cc1cc(=O)n(C(=N)N[N+](=O)[O-])[nH]1. The van der Waals surface area contributed by atoms with Crippen molar-refractivity contribution >= 4 is 5.96 Å². The Morgan fingerprint density at radius 3 is 2.85 bits per heavy atom. The molecule has 0 aromatic carbocycles. The summed E-state index contributed by atoms with van der Waals surface area (Å²) in [5.41, 5.74) is 1.56. The minimum absolute atomic E-state index is 0.517. The molecule has 0 bridgehead atoms. The molecule has 0 saturated carbocycles. The van der Waals surface area contributed by atoms with E-state index in [4.69, 9.17) is 5.41 Å². The van der Waals surface area contributed by atoms with Gasteiger partial charge < -0.3 is 0 Å². The third-order valence-electron chi connectivity index (χ3n) is 1.27. The van der Waals surface area contributed by atoms with Crippen LogP contribution in [0.1, 0.15) is 5.69 Å². The van der Waals surface area contributed by atoms with Crippen molar-refractivity contribution in [3.05, 3.63) is 32.2 Å². The molecule has 0 amide bonds. The number of nitrogens with one attached hydrogen (secondary N) is 3. The Morgan fingerprint density at radius 1 is 1.85 bits per heavy atom. The molecule has 3 N–H and O–H groups in total. The number of rotatable bonds is 1. The van der Waals surface area contributed by atoms with Crippen LogP contribution in [0.15, 0.2) is 10.9 Å². The topological polar surface area (TPSA) is 117 Å². The molecule has 70 valence electrons. The van der Waals surface area contributed by atoms with Crippen LogP contribution in [-0.2, 0) is 0 Å². The number of aromatic amines is 1. The van der Waals surface area contributed by atoms with Gasteiger partial charge in [-0.1, -0.05) is 5.43 Å². The zero-order valence-electron chi connectivity index (χ0n) is 6.70. The van der Waals surface area contributed by atoms with Gasteiger partial charge in [0.25, 0.3) is 11.5 Å². The van der Waals surface area contributed by atoms with Gasteiger partial charge in [-0.25, -0.2) is 10.1 Å². The van der Waals surface area contributed by atoms with E-state index in [0.717, 1.165) is 4.68 Å². The highest BCUT2D eigenvalue weighted by molar-refractivity contribution is 5.76. The second kappa shape index (κ2) is 3.09. The first-order chi connectivity index (χ1) is 6.00. The number of hydrogen-bond donors (Lipinski definition) is 3. The summed E-state index contributed by atoms with van der Waals surface area (Å²) in [6.07, 6.45) is 0. The number of hydrogen-bond acceptors (Lipinski definition) is 4. The van der Waals surface area contributed by atoms with Gasteiger partial charge in [0, 0.05) is 11.8 Å². The summed E-state index contributed by atoms with van der Waals surface area (Å²) in [6.45, 7) is 1.61. The van der Waals surface area contributed by atoms with E-state index >= 15 is 0 Å². The Bertz CT molecular complexity index is 403. The standard InChI is InChI=1S/C5H7N5O3/c1-3-2-4(11)9(7-3)5(6)8-10(12)13/h2,7H,1H3,(H2,6,8). The van der Waals surface area contributed by atoms with Gasteiger partial charge in [0.05, 0.1) is 0 Å². The van der Waals surface area contributed by atoms with Gasteiger partial charge in [0.2, 0.25) is 0 Å². The van der Waals surface area contributed by atoms with Crippen molar-refractivity contribution in [3.8, 4) is 0 Å². The summed E-state index contributed by atoms with van der Waals surface area (Å²) in [6, 6.07) is 1.23. The van der Waals surface area contributed by atoms with E-state index in [1.807, 2.05) is 0 Å². The summed E-state index contributed by atoms with van der Waals surface area (Å²) in [5.74, 6) is -0.622. The lowest BCUT2D eigenvalue weighted by molar-refractivity contribution is -0.526. The summed E-state index contributed by atoms with van der Waals surface area (Å²) in [7, 11) is 0. The number of nitrogens with zero attached hydrogens (tertiary/aromatic N) is 2. The number of nitro groups is 1. The lowest BCUT2D eigenvalue weighted by Crippen LogP contribution is -2.39. The maximum Gasteiger partial charge on any atom is 0.280 e. The minimum atomic E-state index is -0.912. The average molecular weight is 185 g/mol. The first kappa shape index (κ1) is 8.97. The molecule has 1 aromatic heterocycles. The fourth-order valence-electron chi connectivity index (χ4n) is 0.816. The molecular formula is C5H7N5O3. The molecule has 0 aliphatic rings. The van der Waals surface area contributed by atoms with Crippen molar-refractivity contribution in [2.24, 2.45) is 0 Å². The fourth-order valence-corrected chi connectivity index (χ4v) is 0.816. The van der Waals surface area contributed by atoms with Crippen molar-refractivity contribution < 1.29 is 5.03 Å². The van der Waals surface area contributed by atoms with Gasteiger partial charge >= 0.3 is 0 Å². The van der Waals surface area contributed by atoms with Crippen LogP contribution in [-0.4, -0.2) is 20.8 Å². The predicted molar refractivity (Wildman–Crippen MR) is 43.0 cm³/mol. The Labute approximate surface area is 71.8 Å². The molecule has 8 heteroatoms. The second-order valence-electron chi connectivity index (χ2n) is 2.33. The predicted octanol–water partition coefficient (Wildman–Crippen LogP) is -0.951. The van der Waals surface area contributed by atoms with Crippen LogP contribution in [0.25, 0.3) is 0 Å². The summed E-state index contributed by atoms with van der Waals surface area (Å²) < 4.78 is 0.734. The van der Waals surface area contributed by atoms with Crippen LogP contribution in [0.5, 0.6) is 0 Å². The quantitative estimate of drug-likeness (QED) is 0.226. The van der Waals surface area contributed by atoms with Gasteiger partial charge in [0.15, 0.2) is 5.03 Å². The Hall–Kier alpha value is -2.12. The second-order valence-corrected chi connectivity index (χ2v) is 2.33. The monoisotopic (exact) mass is 185 g/mol. The first-order valence-electron chi connectivity index (χ1n) is 3.29. The van der Waals surface area contributed by atoms with Gasteiger partial charge in [-0.15, -0.1) is 0 Å². The van der Waals surface area contributed by atoms with Crippen LogP contribution < -0.4 is 11.0 Å². The van der Waals surface area contributed by atoms with Crippen molar-refractivity contribution in [1.82, 2.24) is 15.2 Å². The molecule has 8 nitrogen and oxygen atoms in total. The maximum atomic E-state index is 11.0. The molecule has 13 heavy (non-hydrogen) atoms. The van der Waals surface area contributed by atoms with Crippen molar-refractivity contribution in [2.45, 2.75) is 6.92 Å². The van der Waals surface area contributed by atoms with Crippen LogP contribution in [0.3, 0.4) is 0 Å². The Kier molecular flexibility index (Phi) is 2.13. The molecule has 0 radical (unpaired) electrons. The zero-order valence-corrected chi connectivity index (χ0v) is 6.70. The highest BCUT2D eigenvalue weighted by atomic mass is 16.7. The van der Waals surface area contributed by atoms with Crippen LogP contribution in [0.2, 0.25) is 0 Å². The Balaban J connectivity index is 2.95. The first-order valence-corrected chi connectivity index (χ1v) is 3.29. The highest BCUT2D eigenvalue weighted by Crippen LogP contribution is 1.83. The van der Waals surface area contributed by atoms with Crippen molar-refractivity contribution in [2.75, 3.05) is 0 Å². The van der Waals surface area contributed by atoms with Gasteiger partial charge in [-0.05, 0) is 6.92 Å². The summed E-state index contributed by atoms with van der Waals surface area (Å²) in [5, 5.41) is 18.6. The van der Waals surface area contributed by atoms with E-state index in [9.17, 15) is 14.9 Å². The molecule has 0 fully saturated rings. The van der Waals surface area contributed by atoms with Crippen LogP contribution >= 0.6 is 0 Å². The number of aryl methyl sites for hydroxylation is 1. The molecule has 1 aromatic rings. The number of H-pyrrole nitrogens is 1. The van der Waals surface area contributed by atoms with Crippen LogP contribution in [0.4, 0.5) is 0 Å². The largest absolute Gasteiger partial charge is 0.293 e. The van der Waals surface area contributed by atoms with E-state index in [1.54, 1.807) is 12.3 Å². The average Bonchev–Trinajstić information content (AvgIpc) is 2.28. The molecule has 0 aliphatic heterocycles. The Morgan fingerprint density at radius 2 is 2.46 bits per heavy atom. The normalized spacial score (nSPS) is 9.62. The molecule has 0 atom stereocenters. The van der Waals surface area contributed by atoms with Gasteiger partial charge in [-0.2, -0.15) is 4.68 Å². The van der Waals surface area contributed by atoms with E-state index in [1.165, 1.54) is 6.07 Å². The lowest BCUT2D eigenvalue weighted by Gasteiger charge is -1.98. The highest BCUT2D eigenvalue weighted by Gasteiger charge is 2.09. The lowest BCUT2D eigenvalue weighted by atomic mass is 10.5. The number of hydrazine groups is 1. The summed E-state index contributed by atoms with van der Waals surface area (Å²) in [4.78, 5) is 20.9. The molecular weight excluding hydrogens is 178 g/mol. The van der Waals surface area contributed by atoms with Crippen molar-refractivity contribution in [3.63, 3.8) is 0 Å². The van der Waals surface area contributed by atoms with E-state index in [0.29, 0.717) is 5.69 Å². The molecule has 0 aliphatic carbocycles. The molecule has 0 unspecified atom stereocenters. The minimum Gasteiger partial charge on any atom is -0.293 e. The molecule has 0 spiro atoms. The fraction of sp³-hybridized carbons (Fsp3) is 0.200. The van der Waals surface area contributed by atoms with Crippen LogP contribution in [0, 0.1) is 22.4 Å². The third kappa shape index (κ3) is 1.92. The maximum absolute atomic E-state index is 11.0. The molecule has 0 saturated heterocycles. The smallest absolute Gasteiger partial charge is 0.280 e. The molecule has 1 rings (SSSR count). The third-order valence-corrected chi connectivity index (χ3v) is 1.27. The van der Waals surface area contributed by atoms with Crippen molar-refractivity contribution in [1.29, 1.82) is 5.41 Å². The van der Waals surface area contributed by atoms with E-state index < -0.39 is 16.6 Å².